The lowest BCUT2D eigenvalue weighted by molar-refractivity contribution is -0.385. The molecule has 0 radical (unpaired) electrons. The van der Waals surface area contributed by atoms with Gasteiger partial charge in [0.2, 0.25) is 0 Å². The van der Waals surface area contributed by atoms with Crippen LogP contribution in [0.15, 0.2) is 41.7 Å². The number of nitro groups is 1. The maximum atomic E-state index is 10.6. The Kier molecular flexibility index (Phi) is 6.56. The van der Waals surface area contributed by atoms with Crippen molar-refractivity contribution >= 4 is 35.6 Å². The Labute approximate surface area is 161 Å². The SMILES string of the molecule is I.NC(=NCCn1cc([N+](=O)[O-])cn1)NC1CCOc2ccccc21. The van der Waals surface area contributed by atoms with E-state index in [1.165, 1.54) is 17.1 Å². The number of rotatable bonds is 5. The van der Waals surface area contributed by atoms with E-state index >= 15 is 0 Å². The molecule has 134 valence electrons. The lowest BCUT2D eigenvalue weighted by atomic mass is 10.0. The number of hydrogen-bond acceptors (Lipinski definition) is 5. The molecule has 0 aliphatic carbocycles. The first-order chi connectivity index (χ1) is 11.6. The summed E-state index contributed by atoms with van der Waals surface area (Å²) in [7, 11) is 0. The molecule has 3 rings (SSSR count). The van der Waals surface area contributed by atoms with Crippen LogP contribution in [0.25, 0.3) is 0 Å². The average Bonchev–Trinajstić information content (AvgIpc) is 3.04. The highest BCUT2D eigenvalue weighted by atomic mass is 127. The van der Waals surface area contributed by atoms with Crippen LogP contribution in [0.5, 0.6) is 5.75 Å². The number of halogens is 1. The smallest absolute Gasteiger partial charge is 0.306 e. The molecule has 25 heavy (non-hydrogen) atoms. The number of hydrogen-bond donors (Lipinski definition) is 2. The number of fused-ring (bicyclic) bond motifs is 1. The van der Waals surface area contributed by atoms with Gasteiger partial charge in [-0.05, 0) is 6.07 Å². The van der Waals surface area contributed by atoms with Gasteiger partial charge in [-0.15, -0.1) is 24.0 Å². The normalized spacial score (nSPS) is 16.3. The summed E-state index contributed by atoms with van der Waals surface area (Å²) < 4.78 is 7.08. The summed E-state index contributed by atoms with van der Waals surface area (Å²) in [5, 5.41) is 17.7. The van der Waals surface area contributed by atoms with Gasteiger partial charge in [0, 0.05) is 12.0 Å². The molecule has 3 N–H and O–H groups in total. The van der Waals surface area contributed by atoms with Crippen molar-refractivity contribution in [3.63, 3.8) is 0 Å². The Hall–Kier alpha value is -2.37. The number of benzene rings is 1. The molecule has 1 aromatic carbocycles. The zero-order chi connectivity index (χ0) is 16.9. The van der Waals surface area contributed by atoms with E-state index in [-0.39, 0.29) is 35.7 Å². The molecule has 1 aliphatic rings. The van der Waals surface area contributed by atoms with Crippen molar-refractivity contribution in [3.05, 3.63) is 52.3 Å². The van der Waals surface area contributed by atoms with Gasteiger partial charge in [-0.1, -0.05) is 18.2 Å². The molecule has 0 amide bonds. The number of guanidine groups is 1. The van der Waals surface area contributed by atoms with Gasteiger partial charge in [0.15, 0.2) is 5.96 Å². The second kappa shape index (κ2) is 8.65. The summed E-state index contributed by atoms with van der Waals surface area (Å²) >= 11 is 0. The highest BCUT2D eigenvalue weighted by Gasteiger charge is 2.21. The molecule has 2 aromatic rings. The third-order valence-corrected chi connectivity index (χ3v) is 3.72. The summed E-state index contributed by atoms with van der Waals surface area (Å²) in [5.41, 5.74) is 6.96. The maximum Gasteiger partial charge on any atom is 0.306 e. The molecular formula is C15H19IN6O3. The van der Waals surface area contributed by atoms with Crippen molar-refractivity contribution in [2.24, 2.45) is 10.7 Å². The fraction of sp³-hybridized carbons (Fsp3) is 0.333. The van der Waals surface area contributed by atoms with Crippen molar-refractivity contribution in [1.29, 1.82) is 0 Å². The fourth-order valence-electron chi connectivity index (χ4n) is 2.56. The molecule has 0 bridgehead atoms. The zero-order valence-electron chi connectivity index (χ0n) is 13.4. The Balaban J connectivity index is 0.00000225. The first-order valence-electron chi connectivity index (χ1n) is 7.58. The highest BCUT2D eigenvalue weighted by molar-refractivity contribution is 14.0. The molecule has 1 unspecified atom stereocenters. The summed E-state index contributed by atoms with van der Waals surface area (Å²) in [4.78, 5) is 14.4. The van der Waals surface area contributed by atoms with Gasteiger partial charge >= 0.3 is 5.69 Å². The predicted octanol–water partition coefficient (Wildman–Crippen LogP) is 1.84. The van der Waals surface area contributed by atoms with Crippen molar-refractivity contribution in [1.82, 2.24) is 15.1 Å². The average molecular weight is 458 g/mol. The third kappa shape index (κ3) is 4.81. The van der Waals surface area contributed by atoms with Gasteiger partial charge < -0.3 is 15.8 Å². The van der Waals surface area contributed by atoms with E-state index in [9.17, 15) is 10.1 Å². The molecule has 0 saturated heterocycles. The number of nitrogens with zero attached hydrogens (tertiary/aromatic N) is 4. The molecule has 1 aliphatic heterocycles. The van der Waals surface area contributed by atoms with Crippen molar-refractivity contribution in [2.45, 2.75) is 19.0 Å². The number of ether oxygens (including phenoxy) is 1. The van der Waals surface area contributed by atoms with Crippen LogP contribution >= 0.6 is 24.0 Å². The van der Waals surface area contributed by atoms with Crippen LogP contribution in [-0.2, 0) is 6.54 Å². The number of nitrogens with one attached hydrogen (secondary N) is 1. The number of nitrogens with two attached hydrogens (primary N) is 1. The minimum absolute atomic E-state index is 0. The lowest BCUT2D eigenvalue weighted by Gasteiger charge is -2.26. The topological polar surface area (TPSA) is 121 Å². The Morgan fingerprint density at radius 2 is 2.32 bits per heavy atom. The Morgan fingerprint density at radius 3 is 3.08 bits per heavy atom. The molecule has 0 saturated carbocycles. The van der Waals surface area contributed by atoms with E-state index in [2.05, 4.69) is 15.4 Å². The number of aliphatic imine (C=N–C) groups is 1. The number of para-hydroxylation sites is 1. The van der Waals surface area contributed by atoms with Crippen molar-refractivity contribution in [2.75, 3.05) is 13.2 Å². The van der Waals surface area contributed by atoms with Gasteiger partial charge in [0.05, 0.1) is 30.7 Å². The lowest BCUT2D eigenvalue weighted by Crippen LogP contribution is -2.37. The predicted molar refractivity (Wildman–Crippen MR) is 103 cm³/mol. The molecule has 0 fully saturated rings. The van der Waals surface area contributed by atoms with E-state index in [0.717, 1.165) is 17.7 Å². The fourth-order valence-corrected chi connectivity index (χ4v) is 2.56. The van der Waals surface area contributed by atoms with E-state index in [1.807, 2.05) is 24.3 Å². The minimum Gasteiger partial charge on any atom is -0.493 e. The monoisotopic (exact) mass is 458 g/mol. The van der Waals surface area contributed by atoms with E-state index < -0.39 is 4.92 Å². The van der Waals surface area contributed by atoms with Gasteiger partial charge in [-0.2, -0.15) is 5.10 Å². The molecule has 10 heteroatoms. The zero-order valence-corrected chi connectivity index (χ0v) is 15.7. The van der Waals surface area contributed by atoms with E-state index in [4.69, 9.17) is 10.5 Å². The van der Waals surface area contributed by atoms with Crippen LogP contribution in [0, 0.1) is 10.1 Å². The molecule has 2 heterocycles. The summed E-state index contributed by atoms with van der Waals surface area (Å²) in [5.74, 6) is 1.19. The van der Waals surface area contributed by atoms with E-state index in [1.54, 1.807) is 0 Å². The van der Waals surface area contributed by atoms with Crippen LogP contribution < -0.4 is 15.8 Å². The quantitative estimate of drug-likeness (QED) is 0.232. The van der Waals surface area contributed by atoms with Crippen LogP contribution in [0.1, 0.15) is 18.0 Å². The molecule has 0 spiro atoms. The van der Waals surface area contributed by atoms with Gasteiger partial charge in [0.1, 0.15) is 18.1 Å². The van der Waals surface area contributed by atoms with Gasteiger partial charge in [0.25, 0.3) is 0 Å². The van der Waals surface area contributed by atoms with Crippen LogP contribution in [0.3, 0.4) is 0 Å². The third-order valence-electron chi connectivity index (χ3n) is 3.72. The van der Waals surface area contributed by atoms with Crippen molar-refractivity contribution in [3.8, 4) is 5.75 Å². The Bertz CT molecular complexity index is 763. The molecular weight excluding hydrogens is 439 g/mol. The van der Waals surface area contributed by atoms with Crippen LogP contribution in [0.2, 0.25) is 0 Å². The standard InChI is InChI=1S/C15H18N6O3.HI/c16-15(17-6-7-20-10-11(9-18-20)21(22)23)19-13-5-8-24-14-4-2-1-3-12(13)14;/h1-4,9-10,13H,5-8H2,(H3,16,17,19);1H. The summed E-state index contributed by atoms with van der Waals surface area (Å²) in [6, 6.07) is 7.88. The van der Waals surface area contributed by atoms with Crippen LogP contribution in [-0.4, -0.2) is 33.8 Å². The maximum absolute atomic E-state index is 10.6. The summed E-state index contributed by atoms with van der Waals surface area (Å²) in [6.45, 7) is 1.42. The summed E-state index contributed by atoms with van der Waals surface area (Å²) in [6.07, 6.45) is 3.39. The first-order valence-corrected chi connectivity index (χ1v) is 7.58. The first kappa shape index (κ1) is 19.0. The van der Waals surface area contributed by atoms with Gasteiger partial charge in [-0.25, -0.2) is 0 Å². The second-order valence-corrected chi connectivity index (χ2v) is 5.36. The highest BCUT2D eigenvalue weighted by Crippen LogP contribution is 2.31. The molecule has 9 nitrogen and oxygen atoms in total. The van der Waals surface area contributed by atoms with Crippen LogP contribution in [0.4, 0.5) is 5.69 Å². The Morgan fingerprint density at radius 1 is 1.52 bits per heavy atom. The molecule has 1 atom stereocenters. The largest absolute Gasteiger partial charge is 0.493 e. The van der Waals surface area contributed by atoms with Crippen molar-refractivity contribution < 1.29 is 9.66 Å². The molecule has 1 aromatic heterocycles. The van der Waals surface area contributed by atoms with E-state index in [0.29, 0.717) is 25.7 Å². The van der Waals surface area contributed by atoms with Gasteiger partial charge in [-0.3, -0.25) is 19.8 Å². The number of aromatic nitrogens is 2. The minimum atomic E-state index is -0.481. The second-order valence-electron chi connectivity index (χ2n) is 5.36.